The van der Waals surface area contributed by atoms with Crippen molar-refractivity contribution in [3.05, 3.63) is 54.5 Å². The fourth-order valence-electron chi connectivity index (χ4n) is 1.47. The molecule has 1 heterocycles. The van der Waals surface area contributed by atoms with Gasteiger partial charge in [0.2, 0.25) is 0 Å². The van der Waals surface area contributed by atoms with Crippen LogP contribution in [0.2, 0.25) is 0 Å². The van der Waals surface area contributed by atoms with Crippen molar-refractivity contribution in [2.75, 3.05) is 11.9 Å². The Labute approximate surface area is 94.0 Å². The summed E-state index contributed by atoms with van der Waals surface area (Å²) in [6, 6.07) is 9.60. The number of rotatable bonds is 4. The Morgan fingerprint density at radius 2 is 2.00 bits per heavy atom. The zero-order chi connectivity index (χ0) is 11.2. The van der Waals surface area contributed by atoms with Crippen molar-refractivity contribution < 1.29 is 5.11 Å². The highest BCUT2D eigenvalue weighted by molar-refractivity contribution is 5.35. The molecule has 16 heavy (non-hydrogen) atoms. The maximum Gasteiger partial charge on any atom is 0.145 e. The van der Waals surface area contributed by atoms with Gasteiger partial charge in [-0.25, -0.2) is 4.98 Å². The summed E-state index contributed by atoms with van der Waals surface area (Å²) in [6.07, 6.45) is 4.86. The van der Waals surface area contributed by atoms with Gasteiger partial charge >= 0.3 is 0 Å². The summed E-state index contributed by atoms with van der Waals surface area (Å²) in [5.74, 6) is 0.658. The van der Waals surface area contributed by atoms with Crippen molar-refractivity contribution in [1.82, 2.24) is 9.97 Å². The first-order valence-corrected chi connectivity index (χ1v) is 5.08. The van der Waals surface area contributed by atoms with Crippen LogP contribution in [0.4, 0.5) is 5.82 Å². The number of hydrogen-bond acceptors (Lipinski definition) is 4. The maximum atomic E-state index is 9.33. The molecule has 2 rings (SSSR count). The molecular weight excluding hydrogens is 202 g/mol. The molecule has 4 nitrogen and oxygen atoms in total. The molecule has 0 amide bonds. The van der Waals surface area contributed by atoms with Crippen molar-refractivity contribution >= 4 is 5.82 Å². The summed E-state index contributed by atoms with van der Waals surface area (Å²) in [5, 5.41) is 12.5. The van der Waals surface area contributed by atoms with Crippen LogP contribution in [0.25, 0.3) is 0 Å². The molecule has 82 valence electrons. The fourth-order valence-corrected chi connectivity index (χ4v) is 1.47. The predicted octanol–water partition coefficient (Wildman–Crippen LogP) is 1.62. The average Bonchev–Trinajstić information content (AvgIpc) is 2.38. The van der Waals surface area contributed by atoms with Crippen LogP contribution in [0.15, 0.2) is 48.9 Å². The molecule has 2 N–H and O–H groups in total. The van der Waals surface area contributed by atoms with Gasteiger partial charge in [-0.05, 0) is 5.56 Å². The van der Waals surface area contributed by atoms with E-state index in [0.717, 1.165) is 5.56 Å². The maximum absolute atomic E-state index is 9.33. The van der Waals surface area contributed by atoms with E-state index in [2.05, 4.69) is 15.3 Å². The number of anilines is 1. The minimum atomic E-state index is -0.155. The van der Waals surface area contributed by atoms with E-state index < -0.39 is 0 Å². The first-order chi connectivity index (χ1) is 7.90. The molecule has 0 fully saturated rings. The summed E-state index contributed by atoms with van der Waals surface area (Å²) >= 11 is 0. The van der Waals surface area contributed by atoms with Crippen LogP contribution < -0.4 is 5.32 Å². The Morgan fingerprint density at radius 3 is 2.62 bits per heavy atom. The van der Waals surface area contributed by atoms with Crippen LogP contribution in [-0.4, -0.2) is 21.7 Å². The Balaban J connectivity index is 2.13. The number of nitrogens with zero attached hydrogens (tertiary/aromatic N) is 2. The Morgan fingerprint density at radius 1 is 1.19 bits per heavy atom. The third-order valence-corrected chi connectivity index (χ3v) is 2.27. The van der Waals surface area contributed by atoms with Crippen molar-refractivity contribution in [3.63, 3.8) is 0 Å². The number of nitrogens with one attached hydrogen (secondary N) is 1. The first kappa shape index (κ1) is 10.6. The molecule has 0 aliphatic heterocycles. The summed E-state index contributed by atoms with van der Waals surface area (Å²) in [4.78, 5) is 8.07. The first-order valence-electron chi connectivity index (χ1n) is 5.08. The lowest BCUT2D eigenvalue weighted by Crippen LogP contribution is -2.15. The van der Waals surface area contributed by atoms with Gasteiger partial charge < -0.3 is 10.4 Å². The highest BCUT2D eigenvalue weighted by atomic mass is 16.3. The summed E-state index contributed by atoms with van der Waals surface area (Å²) in [5.41, 5.74) is 1.02. The predicted molar refractivity (Wildman–Crippen MR) is 61.9 cm³/mol. The monoisotopic (exact) mass is 215 g/mol. The SMILES string of the molecule is OCC(Nc1cnccn1)c1ccccc1. The van der Waals surface area contributed by atoms with E-state index in [1.807, 2.05) is 30.3 Å². The Bertz CT molecular complexity index is 419. The van der Waals surface area contributed by atoms with E-state index in [1.165, 1.54) is 0 Å². The van der Waals surface area contributed by atoms with Gasteiger partial charge in [-0.1, -0.05) is 30.3 Å². The smallest absolute Gasteiger partial charge is 0.145 e. The van der Waals surface area contributed by atoms with Gasteiger partial charge in [-0.2, -0.15) is 0 Å². The standard InChI is InChI=1S/C12H13N3O/c16-9-11(10-4-2-1-3-5-10)15-12-8-13-6-7-14-12/h1-8,11,16H,9H2,(H,14,15). The van der Waals surface area contributed by atoms with E-state index in [0.29, 0.717) is 5.82 Å². The van der Waals surface area contributed by atoms with Gasteiger partial charge in [-0.3, -0.25) is 4.98 Å². The van der Waals surface area contributed by atoms with E-state index in [1.54, 1.807) is 18.6 Å². The summed E-state index contributed by atoms with van der Waals surface area (Å²) in [6.45, 7) is 0.0145. The second-order valence-corrected chi connectivity index (χ2v) is 3.38. The van der Waals surface area contributed by atoms with Gasteiger partial charge in [0.1, 0.15) is 5.82 Å². The van der Waals surface area contributed by atoms with Crippen LogP contribution in [0.1, 0.15) is 11.6 Å². The highest BCUT2D eigenvalue weighted by Crippen LogP contribution is 2.16. The van der Waals surface area contributed by atoms with Crippen molar-refractivity contribution in [1.29, 1.82) is 0 Å². The zero-order valence-electron chi connectivity index (χ0n) is 8.74. The molecule has 0 saturated carbocycles. The lowest BCUT2D eigenvalue weighted by molar-refractivity contribution is 0.276. The van der Waals surface area contributed by atoms with Crippen LogP contribution in [-0.2, 0) is 0 Å². The number of hydrogen-bond donors (Lipinski definition) is 2. The lowest BCUT2D eigenvalue weighted by Gasteiger charge is -2.16. The van der Waals surface area contributed by atoms with Crippen molar-refractivity contribution in [2.45, 2.75) is 6.04 Å². The molecule has 1 atom stereocenters. The minimum absolute atomic E-state index is 0.0145. The summed E-state index contributed by atoms with van der Waals surface area (Å²) in [7, 11) is 0. The number of aromatic nitrogens is 2. The van der Waals surface area contributed by atoms with Gasteiger partial charge in [0.15, 0.2) is 0 Å². The normalized spacial score (nSPS) is 12.1. The third-order valence-electron chi connectivity index (χ3n) is 2.27. The highest BCUT2D eigenvalue weighted by Gasteiger charge is 2.09. The molecule has 0 aliphatic rings. The summed E-state index contributed by atoms with van der Waals surface area (Å²) < 4.78 is 0. The van der Waals surface area contributed by atoms with E-state index in [-0.39, 0.29) is 12.6 Å². The number of benzene rings is 1. The average molecular weight is 215 g/mol. The van der Waals surface area contributed by atoms with Gasteiger partial charge in [0.25, 0.3) is 0 Å². The van der Waals surface area contributed by atoms with E-state index in [4.69, 9.17) is 0 Å². The molecule has 0 aliphatic carbocycles. The molecular formula is C12H13N3O. The number of aliphatic hydroxyl groups excluding tert-OH is 1. The molecule has 2 aromatic rings. The van der Waals surface area contributed by atoms with Gasteiger partial charge in [0, 0.05) is 12.4 Å². The van der Waals surface area contributed by atoms with E-state index in [9.17, 15) is 5.11 Å². The van der Waals surface area contributed by atoms with Crippen LogP contribution in [0.3, 0.4) is 0 Å². The Kier molecular flexibility index (Phi) is 3.46. The quantitative estimate of drug-likeness (QED) is 0.813. The van der Waals surface area contributed by atoms with Crippen LogP contribution in [0, 0.1) is 0 Å². The van der Waals surface area contributed by atoms with Crippen molar-refractivity contribution in [3.8, 4) is 0 Å². The largest absolute Gasteiger partial charge is 0.394 e. The Hall–Kier alpha value is -1.94. The molecule has 1 aromatic carbocycles. The van der Waals surface area contributed by atoms with Crippen molar-refractivity contribution in [2.24, 2.45) is 0 Å². The van der Waals surface area contributed by atoms with Gasteiger partial charge in [0.05, 0.1) is 18.8 Å². The molecule has 0 radical (unpaired) electrons. The lowest BCUT2D eigenvalue weighted by atomic mass is 10.1. The second kappa shape index (κ2) is 5.23. The molecule has 1 unspecified atom stereocenters. The number of aliphatic hydroxyl groups is 1. The molecule has 0 saturated heterocycles. The molecule has 0 bridgehead atoms. The minimum Gasteiger partial charge on any atom is -0.394 e. The molecule has 0 spiro atoms. The third kappa shape index (κ3) is 2.55. The zero-order valence-corrected chi connectivity index (χ0v) is 8.74. The molecule has 1 aromatic heterocycles. The topological polar surface area (TPSA) is 58.0 Å². The second-order valence-electron chi connectivity index (χ2n) is 3.38. The van der Waals surface area contributed by atoms with E-state index >= 15 is 0 Å². The van der Waals surface area contributed by atoms with Crippen LogP contribution >= 0.6 is 0 Å². The van der Waals surface area contributed by atoms with Gasteiger partial charge in [-0.15, -0.1) is 0 Å². The van der Waals surface area contributed by atoms with Crippen LogP contribution in [0.5, 0.6) is 0 Å². The fraction of sp³-hybridized carbons (Fsp3) is 0.167. The molecule has 4 heteroatoms.